The molecule has 3 aromatic rings. The Morgan fingerprint density at radius 3 is 2.73 bits per heavy atom. The van der Waals surface area contributed by atoms with E-state index in [0.29, 0.717) is 32.1 Å². The van der Waals surface area contributed by atoms with Crippen LogP contribution in [0.1, 0.15) is 31.2 Å². The van der Waals surface area contributed by atoms with Crippen LogP contribution in [-0.2, 0) is 9.53 Å². The minimum atomic E-state index is -0.690. The monoisotopic (exact) mass is 522 g/mol. The van der Waals surface area contributed by atoms with Crippen molar-refractivity contribution >= 4 is 29.3 Å². The molecule has 1 saturated heterocycles. The number of fused-ring (bicyclic) bond motifs is 1. The summed E-state index contributed by atoms with van der Waals surface area (Å²) in [7, 11) is 3.69. The van der Waals surface area contributed by atoms with E-state index in [1.165, 1.54) is 11.3 Å². The highest BCUT2D eigenvalue weighted by molar-refractivity contribution is 7.07. The quantitative estimate of drug-likeness (QED) is 0.459. The molecular weight excluding hydrogens is 492 g/mol. The Labute approximate surface area is 218 Å². The molecule has 1 atom stereocenters. The molecule has 0 aliphatic carbocycles. The third-order valence-electron chi connectivity index (χ3n) is 6.63. The molecule has 0 spiro atoms. The SMILES string of the molecule is CCOC(=O)C1=C(C)N=c2s/c(=C/c3ccc(N4CCN(C)CC4)o3)c(=O)n2C1c1cccc(OC)c1. The summed E-state index contributed by atoms with van der Waals surface area (Å²) in [4.78, 5) is 36.4. The van der Waals surface area contributed by atoms with Gasteiger partial charge in [0.15, 0.2) is 10.7 Å². The molecule has 10 heteroatoms. The Morgan fingerprint density at radius 2 is 2.00 bits per heavy atom. The van der Waals surface area contributed by atoms with Crippen LogP contribution >= 0.6 is 11.3 Å². The summed E-state index contributed by atoms with van der Waals surface area (Å²) in [5.41, 5.74) is 1.35. The van der Waals surface area contributed by atoms with E-state index in [0.717, 1.165) is 37.6 Å². The molecule has 1 unspecified atom stereocenters. The van der Waals surface area contributed by atoms with Crippen molar-refractivity contribution in [1.29, 1.82) is 0 Å². The van der Waals surface area contributed by atoms with Crippen molar-refractivity contribution in [3.8, 4) is 5.75 Å². The minimum absolute atomic E-state index is 0.221. The Hall–Kier alpha value is -3.63. The number of esters is 1. The van der Waals surface area contributed by atoms with E-state index in [1.54, 1.807) is 31.6 Å². The first-order valence-corrected chi connectivity index (χ1v) is 13.1. The van der Waals surface area contributed by atoms with Crippen LogP contribution in [0.15, 0.2) is 61.9 Å². The van der Waals surface area contributed by atoms with Crippen molar-refractivity contribution in [2.24, 2.45) is 4.99 Å². The molecule has 0 saturated carbocycles. The average molecular weight is 523 g/mol. The number of hydrogen-bond acceptors (Lipinski definition) is 9. The summed E-state index contributed by atoms with van der Waals surface area (Å²) in [5, 5.41) is 0. The van der Waals surface area contributed by atoms with Crippen molar-refractivity contribution in [2.75, 3.05) is 51.8 Å². The lowest BCUT2D eigenvalue weighted by atomic mass is 9.95. The third kappa shape index (κ3) is 4.86. The first-order valence-electron chi connectivity index (χ1n) is 12.3. The van der Waals surface area contributed by atoms with Crippen LogP contribution in [-0.4, -0.2) is 62.4 Å². The number of anilines is 1. The fraction of sp³-hybridized carbons (Fsp3) is 0.370. The van der Waals surface area contributed by atoms with E-state index >= 15 is 0 Å². The number of ether oxygens (including phenoxy) is 2. The molecule has 9 nitrogen and oxygen atoms in total. The largest absolute Gasteiger partial charge is 0.497 e. The van der Waals surface area contributed by atoms with Gasteiger partial charge in [-0.1, -0.05) is 23.5 Å². The van der Waals surface area contributed by atoms with Crippen molar-refractivity contribution in [1.82, 2.24) is 9.47 Å². The summed E-state index contributed by atoms with van der Waals surface area (Å²) in [6, 6.07) is 10.5. The Bertz CT molecular complexity index is 1520. The number of allylic oxidation sites excluding steroid dienone is 1. The van der Waals surface area contributed by atoms with E-state index in [1.807, 2.05) is 36.4 Å². The summed E-state index contributed by atoms with van der Waals surface area (Å²) in [6.45, 7) is 7.47. The standard InChI is InChI=1S/C27H30N4O5S/c1-5-35-26(33)23-17(2)28-27-31(24(23)18-7-6-8-19(15-18)34-4)25(32)21(37-27)16-20-9-10-22(36-20)30-13-11-29(3)12-14-30/h6-10,15-16,24H,5,11-14H2,1-4H3/b21-16+. The second kappa shape index (κ2) is 10.4. The van der Waals surface area contributed by atoms with Crippen LogP contribution in [0.4, 0.5) is 5.88 Å². The van der Waals surface area contributed by atoms with E-state index < -0.39 is 12.0 Å². The molecule has 4 heterocycles. The van der Waals surface area contributed by atoms with Crippen molar-refractivity contribution in [3.05, 3.63) is 78.7 Å². The van der Waals surface area contributed by atoms with Gasteiger partial charge in [-0.25, -0.2) is 9.79 Å². The molecule has 2 aliphatic rings. The van der Waals surface area contributed by atoms with Crippen molar-refractivity contribution in [2.45, 2.75) is 19.9 Å². The van der Waals surface area contributed by atoms with Gasteiger partial charge in [0.1, 0.15) is 11.5 Å². The molecule has 0 amide bonds. The smallest absolute Gasteiger partial charge is 0.338 e. The second-order valence-corrected chi connectivity index (χ2v) is 10.1. The van der Waals surface area contributed by atoms with Gasteiger partial charge >= 0.3 is 5.97 Å². The number of benzene rings is 1. The Balaban J connectivity index is 1.59. The van der Waals surface area contributed by atoms with E-state index in [4.69, 9.17) is 13.9 Å². The van der Waals surface area contributed by atoms with Crippen LogP contribution < -0.4 is 24.5 Å². The molecule has 0 radical (unpaired) electrons. The molecule has 1 aromatic carbocycles. The predicted molar refractivity (Wildman–Crippen MR) is 142 cm³/mol. The number of furan rings is 1. The predicted octanol–water partition coefficient (Wildman–Crippen LogP) is 2.15. The Morgan fingerprint density at radius 1 is 1.22 bits per heavy atom. The van der Waals surface area contributed by atoms with Gasteiger partial charge in [0.05, 0.1) is 35.6 Å². The molecule has 2 aliphatic heterocycles. The number of likely N-dealkylation sites (N-methyl/N-ethyl adjacent to an activating group) is 1. The van der Waals surface area contributed by atoms with Crippen LogP contribution in [0.5, 0.6) is 5.75 Å². The zero-order valence-electron chi connectivity index (χ0n) is 21.4. The summed E-state index contributed by atoms with van der Waals surface area (Å²) in [5.74, 6) is 1.53. The highest BCUT2D eigenvalue weighted by Crippen LogP contribution is 2.32. The van der Waals surface area contributed by atoms with E-state index in [2.05, 4.69) is 21.8 Å². The number of aromatic nitrogens is 1. The molecule has 0 bridgehead atoms. The number of carbonyl (C=O) groups is 1. The maximum absolute atomic E-state index is 13.8. The fourth-order valence-corrected chi connectivity index (χ4v) is 5.69. The molecule has 194 valence electrons. The number of nitrogens with zero attached hydrogens (tertiary/aromatic N) is 4. The summed E-state index contributed by atoms with van der Waals surface area (Å²) >= 11 is 1.27. The molecular formula is C27H30N4O5S. The number of methoxy groups -OCH3 is 1. The lowest BCUT2D eigenvalue weighted by molar-refractivity contribution is -0.139. The number of hydrogen-bond donors (Lipinski definition) is 0. The van der Waals surface area contributed by atoms with Crippen molar-refractivity contribution < 1.29 is 18.7 Å². The summed E-state index contributed by atoms with van der Waals surface area (Å²) < 4.78 is 18.9. The van der Waals surface area contributed by atoms with Gasteiger partial charge in [-0.2, -0.15) is 0 Å². The molecule has 0 N–H and O–H groups in total. The van der Waals surface area contributed by atoms with Crippen molar-refractivity contribution in [3.63, 3.8) is 0 Å². The van der Waals surface area contributed by atoms with Gasteiger partial charge in [-0.3, -0.25) is 9.36 Å². The van der Waals surface area contributed by atoms with Crippen LogP contribution in [0.25, 0.3) is 6.08 Å². The first-order chi connectivity index (χ1) is 17.9. The summed E-state index contributed by atoms with van der Waals surface area (Å²) in [6.07, 6.45) is 1.75. The zero-order chi connectivity index (χ0) is 26.1. The van der Waals surface area contributed by atoms with E-state index in [9.17, 15) is 9.59 Å². The van der Waals surface area contributed by atoms with Gasteiger partial charge in [0.25, 0.3) is 5.56 Å². The first kappa shape index (κ1) is 25.0. The number of thiazole rings is 1. The van der Waals surface area contributed by atoms with Gasteiger partial charge in [0.2, 0.25) is 0 Å². The number of carbonyl (C=O) groups excluding carboxylic acids is 1. The van der Waals surface area contributed by atoms with Crippen LogP contribution in [0.3, 0.4) is 0 Å². The van der Waals surface area contributed by atoms with Gasteiger partial charge in [-0.15, -0.1) is 0 Å². The lowest BCUT2D eigenvalue weighted by Crippen LogP contribution is -2.44. The molecule has 2 aromatic heterocycles. The van der Waals surface area contributed by atoms with E-state index in [-0.39, 0.29) is 12.2 Å². The zero-order valence-corrected chi connectivity index (χ0v) is 22.2. The molecule has 37 heavy (non-hydrogen) atoms. The van der Waals surface area contributed by atoms with Gasteiger partial charge in [-0.05, 0) is 44.7 Å². The third-order valence-corrected chi connectivity index (χ3v) is 7.61. The fourth-order valence-electron chi connectivity index (χ4n) is 4.66. The Kier molecular flexibility index (Phi) is 7.03. The van der Waals surface area contributed by atoms with Crippen LogP contribution in [0, 0.1) is 0 Å². The average Bonchev–Trinajstić information content (AvgIpc) is 3.48. The second-order valence-electron chi connectivity index (χ2n) is 9.05. The maximum atomic E-state index is 13.8. The maximum Gasteiger partial charge on any atom is 0.338 e. The van der Waals surface area contributed by atoms with Gasteiger partial charge in [0, 0.05) is 38.3 Å². The van der Waals surface area contributed by atoms with Crippen LogP contribution in [0.2, 0.25) is 0 Å². The topological polar surface area (TPSA) is 89.5 Å². The molecule has 1 fully saturated rings. The highest BCUT2D eigenvalue weighted by atomic mass is 32.1. The minimum Gasteiger partial charge on any atom is -0.497 e. The van der Waals surface area contributed by atoms with Gasteiger partial charge < -0.3 is 23.7 Å². The lowest BCUT2D eigenvalue weighted by Gasteiger charge is -2.32. The molecule has 5 rings (SSSR count). The highest BCUT2D eigenvalue weighted by Gasteiger charge is 2.33. The number of piperazine rings is 1. The number of rotatable bonds is 6. The normalized spacial score (nSPS) is 18.5.